The van der Waals surface area contributed by atoms with Crippen molar-refractivity contribution < 1.29 is 4.39 Å². The second-order valence-electron chi connectivity index (χ2n) is 11.1. The molecule has 0 amide bonds. The molecule has 1 aliphatic carbocycles. The first-order valence-corrected chi connectivity index (χ1v) is 14.7. The average molecular weight is 558 g/mol. The van der Waals surface area contributed by atoms with Gasteiger partial charge in [0, 0.05) is 28.4 Å². The number of aromatic amines is 2. The fourth-order valence-corrected chi connectivity index (χ4v) is 6.08. The first-order chi connectivity index (χ1) is 20.5. The third-order valence-electron chi connectivity index (χ3n) is 8.26. The first kappa shape index (κ1) is 27.5. The second-order valence-corrected chi connectivity index (χ2v) is 11.1. The SMILES string of the molecule is C=C/C(=C\C(=C/C)c1ccc2[nH]nc(-c3cc4c(-c5ccc(F)cc5)ccnc4[nH]3)c2c1)NC(=C)CC1CCCCC1. The zero-order valence-corrected chi connectivity index (χ0v) is 24.0. The fourth-order valence-electron chi connectivity index (χ4n) is 6.08. The average Bonchev–Trinajstić information content (AvgIpc) is 3.64. The topological polar surface area (TPSA) is 69.4 Å². The molecule has 0 bridgehead atoms. The minimum Gasteiger partial charge on any atom is -0.359 e. The monoisotopic (exact) mass is 557 g/mol. The summed E-state index contributed by atoms with van der Waals surface area (Å²) in [5.41, 5.74) is 9.43. The number of allylic oxidation sites excluding steroid dienone is 5. The molecule has 5 nitrogen and oxygen atoms in total. The number of fused-ring (bicyclic) bond motifs is 2. The summed E-state index contributed by atoms with van der Waals surface area (Å²) in [6.45, 7) is 10.4. The van der Waals surface area contributed by atoms with Crippen molar-refractivity contribution >= 4 is 27.5 Å². The number of benzene rings is 2. The van der Waals surface area contributed by atoms with Crippen molar-refractivity contribution in [2.75, 3.05) is 0 Å². The number of hydrogen-bond acceptors (Lipinski definition) is 3. The lowest BCUT2D eigenvalue weighted by atomic mass is 9.86. The third-order valence-corrected chi connectivity index (χ3v) is 8.26. The smallest absolute Gasteiger partial charge is 0.138 e. The van der Waals surface area contributed by atoms with Crippen LogP contribution in [0.4, 0.5) is 4.39 Å². The van der Waals surface area contributed by atoms with E-state index < -0.39 is 0 Å². The van der Waals surface area contributed by atoms with Crippen LogP contribution in [0, 0.1) is 11.7 Å². The van der Waals surface area contributed by atoms with E-state index in [1.165, 1.54) is 44.2 Å². The summed E-state index contributed by atoms with van der Waals surface area (Å²) in [6, 6.07) is 16.9. The second kappa shape index (κ2) is 12.0. The lowest BCUT2D eigenvalue weighted by Gasteiger charge is -2.23. The van der Waals surface area contributed by atoms with Crippen molar-refractivity contribution in [1.29, 1.82) is 0 Å². The van der Waals surface area contributed by atoms with Gasteiger partial charge in [0.2, 0.25) is 0 Å². The molecule has 0 atom stereocenters. The Morgan fingerprint density at radius 1 is 1.05 bits per heavy atom. The van der Waals surface area contributed by atoms with Crippen LogP contribution in [-0.4, -0.2) is 20.2 Å². The van der Waals surface area contributed by atoms with Gasteiger partial charge < -0.3 is 10.3 Å². The van der Waals surface area contributed by atoms with Gasteiger partial charge in [0.15, 0.2) is 0 Å². The minimum absolute atomic E-state index is 0.256. The molecule has 42 heavy (non-hydrogen) atoms. The highest BCUT2D eigenvalue weighted by molar-refractivity contribution is 6.00. The standard InChI is InChI=1S/C36H36FN5/c1-4-25(20-29(5-2)39-23(3)19-24-9-7-6-8-10-24)27-13-16-33-32(21-27)35(42-41-33)34-22-31-30(17-18-38-36(31)40-34)26-11-14-28(37)15-12-26/h4-5,11-18,20-22,24,39H,2-3,6-10,19H2,1H3,(H,38,40)(H,41,42)/b25-4+,29-20+. The van der Waals surface area contributed by atoms with Gasteiger partial charge in [-0.25, -0.2) is 9.37 Å². The number of nitrogens with zero attached hydrogens (tertiary/aromatic N) is 2. The predicted octanol–water partition coefficient (Wildman–Crippen LogP) is 9.46. The highest BCUT2D eigenvalue weighted by atomic mass is 19.1. The molecule has 212 valence electrons. The summed E-state index contributed by atoms with van der Waals surface area (Å²) in [4.78, 5) is 7.99. The van der Waals surface area contributed by atoms with Crippen molar-refractivity contribution in [3.63, 3.8) is 0 Å². The van der Waals surface area contributed by atoms with Crippen LogP contribution in [-0.2, 0) is 0 Å². The number of hydrogen-bond donors (Lipinski definition) is 3. The maximum absolute atomic E-state index is 13.6. The highest BCUT2D eigenvalue weighted by Crippen LogP contribution is 2.34. The van der Waals surface area contributed by atoms with Gasteiger partial charge >= 0.3 is 0 Å². The van der Waals surface area contributed by atoms with Crippen molar-refractivity contribution in [2.24, 2.45) is 5.92 Å². The van der Waals surface area contributed by atoms with E-state index in [1.807, 2.05) is 19.1 Å². The maximum atomic E-state index is 13.6. The molecule has 6 heteroatoms. The Balaban J connectivity index is 1.30. The highest BCUT2D eigenvalue weighted by Gasteiger charge is 2.16. The van der Waals surface area contributed by atoms with Crippen LogP contribution >= 0.6 is 0 Å². The molecule has 3 heterocycles. The molecular formula is C36H36FN5. The van der Waals surface area contributed by atoms with Crippen molar-refractivity contribution in [3.8, 4) is 22.5 Å². The van der Waals surface area contributed by atoms with Gasteiger partial charge in [-0.05, 0) is 90.1 Å². The van der Waals surface area contributed by atoms with E-state index in [-0.39, 0.29) is 5.82 Å². The molecule has 3 N–H and O–H groups in total. The summed E-state index contributed by atoms with van der Waals surface area (Å²) < 4.78 is 13.6. The number of halogens is 1. The zero-order chi connectivity index (χ0) is 29.1. The molecule has 1 aliphatic rings. The van der Waals surface area contributed by atoms with Gasteiger partial charge in [-0.2, -0.15) is 5.10 Å². The molecule has 5 aromatic rings. The number of rotatable bonds is 9. The van der Waals surface area contributed by atoms with E-state index in [0.29, 0.717) is 0 Å². The Bertz CT molecular complexity index is 1810. The van der Waals surface area contributed by atoms with Gasteiger partial charge in [-0.3, -0.25) is 5.10 Å². The largest absolute Gasteiger partial charge is 0.359 e. The van der Waals surface area contributed by atoms with E-state index in [0.717, 1.165) is 79.3 Å². The zero-order valence-electron chi connectivity index (χ0n) is 24.0. The molecule has 0 aliphatic heterocycles. The number of pyridine rings is 1. The van der Waals surface area contributed by atoms with Gasteiger partial charge in [-0.15, -0.1) is 0 Å². The van der Waals surface area contributed by atoms with Crippen LogP contribution in [0.25, 0.3) is 50.0 Å². The lowest BCUT2D eigenvalue weighted by molar-refractivity contribution is 0.353. The number of nitrogens with one attached hydrogen (secondary N) is 3. The molecular weight excluding hydrogens is 521 g/mol. The molecule has 1 fully saturated rings. The van der Waals surface area contributed by atoms with Crippen molar-refractivity contribution in [1.82, 2.24) is 25.5 Å². The van der Waals surface area contributed by atoms with Crippen molar-refractivity contribution in [2.45, 2.75) is 45.4 Å². The van der Waals surface area contributed by atoms with Crippen LogP contribution in [0.2, 0.25) is 0 Å². The Labute approximate surface area is 246 Å². The Morgan fingerprint density at radius 3 is 2.62 bits per heavy atom. The Morgan fingerprint density at radius 2 is 1.86 bits per heavy atom. The Kier molecular flexibility index (Phi) is 7.87. The van der Waals surface area contributed by atoms with Gasteiger partial charge in [-0.1, -0.05) is 69.5 Å². The van der Waals surface area contributed by atoms with Crippen LogP contribution in [0.15, 0.2) is 104 Å². The molecule has 1 saturated carbocycles. The molecule has 0 spiro atoms. The van der Waals surface area contributed by atoms with Gasteiger partial charge in [0.25, 0.3) is 0 Å². The van der Waals surface area contributed by atoms with Crippen LogP contribution in [0.3, 0.4) is 0 Å². The maximum Gasteiger partial charge on any atom is 0.138 e. The molecule has 3 aromatic heterocycles. The van der Waals surface area contributed by atoms with Gasteiger partial charge in [0.05, 0.1) is 11.2 Å². The van der Waals surface area contributed by atoms with E-state index in [4.69, 9.17) is 0 Å². The first-order valence-electron chi connectivity index (χ1n) is 14.7. The number of aromatic nitrogens is 4. The third kappa shape index (κ3) is 5.70. The molecule has 0 radical (unpaired) electrons. The fraction of sp³-hybridized carbons (Fsp3) is 0.222. The molecule has 0 unspecified atom stereocenters. The van der Waals surface area contributed by atoms with Crippen LogP contribution in [0.5, 0.6) is 0 Å². The summed E-state index contributed by atoms with van der Waals surface area (Å²) in [7, 11) is 0. The quantitative estimate of drug-likeness (QED) is 0.158. The van der Waals surface area contributed by atoms with Crippen LogP contribution < -0.4 is 5.32 Å². The summed E-state index contributed by atoms with van der Waals surface area (Å²) >= 11 is 0. The molecule has 2 aromatic carbocycles. The normalized spacial score (nSPS) is 14.9. The van der Waals surface area contributed by atoms with Crippen molar-refractivity contribution in [3.05, 3.63) is 115 Å². The Hall–Kier alpha value is -4.71. The van der Waals surface area contributed by atoms with Gasteiger partial charge in [0.1, 0.15) is 17.2 Å². The van der Waals surface area contributed by atoms with E-state index in [2.05, 4.69) is 75.1 Å². The summed E-state index contributed by atoms with van der Waals surface area (Å²) in [6.07, 6.45) is 15.5. The summed E-state index contributed by atoms with van der Waals surface area (Å²) in [5, 5.41) is 13.3. The summed E-state index contributed by atoms with van der Waals surface area (Å²) in [5.74, 6) is 0.466. The lowest BCUT2D eigenvalue weighted by Crippen LogP contribution is -2.15. The molecule has 6 rings (SSSR count). The van der Waals surface area contributed by atoms with E-state index in [1.54, 1.807) is 18.3 Å². The minimum atomic E-state index is -0.256. The van der Waals surface area contributed by atoms with E-state index >= 15 is 0 Å². The number of H-pyrrole nitrogens is 2. The molecule has 0 saturated heterocycles. The predicted molar refractivity (Wildman–Crippen MR) is 172 cm³/mol. The van der Waals surface area contributed by atoms with Crippen LogP contribution in [0.1, 0.15) is 51.0 Å². The van der Waals surface area contributed by atoms with E-state index in [9.17, 15) is 4.39 Å².